The molecule has 0 aromatic heterocycles. The smallest absolute Gasteiger partial charge is 0.220 e. The van der Waals surface area contributed by atoms with E-state index in [1.165, 1.54) is 22.3 Å². The average Bonchev–Trinajstić information content (AvgIpc) is 3.34. The Morgan fingerprint density at radius 2 is 1.79 bits per heavy atom. The summed E-state index contributed by atoms with van der Waals surface area (Å²) < 4.78 is 6.36. The Labute approximate surface area is 198 Å². The van der Waals surface area contributed by atoms with Gasteiger partial charge >= 0.3 is 0 Å². The third-order valence-electron chi connectivity index (χ3n) is 7.36. The molecule has 2 aliphatic rings. The highest BCUT2D eigenvalue weighted by Gasteiger charge is 2.35. The monoisotopic (exact) mass is 449 g/mol. The Hall–Kier alpha value is -2.33. The van der Waals surface area contributed by atoms with Crippen molar-refractivity contribution in [3.8, 4) is 5.75 Å². The standard InChI is InChI=1S/C29H39NO3/c1-21(2)24-10-6-23(7-11-24)19-28(3)20-25-18-22(8-12-26(25)33-28)9-13-27(31)30-17-16-29(32)14-4-5-15-29/h6-8,10-12,18,21,32H,4-5,9,13-17,19-20H2,1-3H3,(H,30,31). The lowest BCUT2D eigenvalue weighted by Crippen LogP contribution is -2.33. The average molecular weight is 450 g/mol. The van der Waals surface area contributed by atoms with E-state index in [1.807, 2.05) is 0 Å². The van der Waals surface area contributed by atoms with E-state index < -0.39 is 5.60 Å². The highest BCUT2D eigenvalue weighted by atomic mass is 16.5. The topological polar surface area (TPSA) is 58.6 Å². The fourth-order valence-electron chi connectivity index (χ4n) is 5.35. The van der Waals surface area contributed by atoms with E-state index in [-0.39, 0.29) is 11.5 Å². The van der Waals surface area contributed by atoms with Crippen molar-refractivity contribution < 1.29 is 14.6 Å². The molecule has 4 nitrogen and oxygen atoms in total. The minimum Gasteiger partial charge on any atom is -0.487 e. The Kier molecular flexibility index (Phi) is 7.13. The van der Waals surface area contributed by atoms with Crippen molar-refractivity contribution in [2.75, 3.05) is 6.54 Å². The van der Waals surface area contributed by atoms with Gasteiger partial charge in [0.25, 0.3) is 0 Å². The van der Waals surface area contributed by atoms with Crippen molar-refractivity contribution in [3.05, 3.63) is 64.7 Å². The predicted octanol–water partition coefficient (Wildman–Crippen LogP) is 5.49. The summed E-state index contributed by atoms with van der Waals surface area (Å²) in [7, 11) is 0. The summed E-state index contributed by atoms with van der Waals surface area (Å²) >= 11 is 0. The molecule has 4 rings (SSSR count). The molecule has 2 aromatic carbocycles. The zero-order valence-corrected chi connectivity index (χ0v) is 20.5. The number of hydrogen-bond acceptors (Lipinski definition) is 3. The summed E-state index contributed by atoms with van der Waals surface area (Å²) in [5.74, 6) is 1.57. The highest BCUT2D eigenvalue weighted by Crippen LogP contribution is 2.38. The SMILES string of the molecule is CC(C)c1ccc(CC2(C)Cc3cc(CCC(=O)NCCC4(O)CCCC4)ccc3O2)cc1. The number of carbonyl (C=O) groups excluding carboxylic acids is 1. The summed E-state index contributed by atoms with van der Waals surface area (Å²) in [6, 6.07) is 15.2. The van der Waals surface area contributed by atoms with Crippen molar-refractivity contribution in [2.24, 2.45) is 0 Å². The predicted molar refractivity (Wildman–Crippen MR) is 133 cm³/mol. The number of amides is 1. The Bertz CT molecular complexity index is 959. The summed E-state index contributed by atoms with van der Waals surface area (Å²) in [4.78, 5) is 12.3. The molecule has 0 bridgehead atoms. The van der Waals surface area contributed by atoms with Crippen molar-refractivity contribution in [3.63, 3.8) is 0 Å². The van der Waals surface area contributed by atoms with Crippen LogP contribution in [0.4, 0.5) is 0 Å². The number of benzene rings is 2. The molecule has 0 spiro atoms. The second kappa shape index (κ2) is 9.89. The lowest BCUT2D eigenvalue weighted by Gasteiger charge is -2.24. The molecule has 1 fully saturated rings. The van der Waals surface area contributed by atoms with Crippen LogP contribution in [-0.4, -0.2) is 28.8 Å². The minimum absolute atomic E-state index is 0.0584. The molecule has 1 unspecified atom stereocenters. The summed E-state index contributed by atoms with van der Waals surface area (Å²) in [6.07, 6.45) is 7.52. The summed E-state index contributed by atoms with van der Waals surface area (Å²) in [5.41, 5.74) is 4.27. The third-order valence-corrected chi connectivity index (χ3v) is 7.36. The van der Waals surface area contributed by atoms with Crippen LogP contribution in [0.3, 0.4) is 0 Å². The van der Waals surface area contributed by atoms with E-state index >= 15 is 0 Å². The molecule has 178 valence electrons. The first-order valence-corrected chi connectivity index (χ1v) is 12.6. The Morgan fingerprint density at radius 1 is 1.09 bits per heavy atom. The third kappa shape index (κ3) is 6.17. The van der Waals surface area contributed by atoms with Gasteiger partial charge in [-0.2, -0.15) is 0 Å². The highest BCUT2D eigenvalue weighted by molar-refractivity contribution is 5.76. The molecule has 2 aromatic rings. The van der Waals surface area contributed by atoms with Crippen LogP contribution in [0.1, 0.15) is 87.5 Å². The lowest BCUT2D eigenvalue weighted by atomic mass is 9.90. The van der Waals surface area contributed by atoms with Crippen molar-refractivity contribution in [1.29, 1.82) is 0 Å². The molecule has 1 atom stereocenters. The maximum atomic E-state index is 12.3. The first-order valence-electron chi connectivity index (χ1n) is 12.6. The van der Waals surface area contributed by atoms with Crippen LogP contribution in [0.15, 0.2) is 42.5 Å². The van der Waals surface area contributed by atoms with Gasteiger partial charge in [0.15, 0.2) is 0 Å². The molecule has 4 heteroatoms. The van der Waals surface area contributed by atoms with Gasteiger partial charge in [0.05, 0.1) is 5.60 Å². The van der Waals surface area contributed by atoms with Gasteiger partial charge in [0.1, 0.15) is 11.4 Å². The largest absolute Gasteiger partial charge is 0.487 e. The van der Waals surface area contributed by atoms with Gasteiger partial charge in [-0.1, -0.05) is 63.1 Å². The van der Waals surface area contributed by atoms with Crippen LogP contribution in [0.2, 0.25) is 0 Å². The lowest BCUT2D eigenvalue weighted by molar-refractivity contribution is -0.121. The minimum atomic E-state index is -0.559. The van der Waals surface area contributed by atoms with Crippen LogP contribution < -0.4 is 10.1 Å². The van der Waals surface area contributed by atoms with E-state index in [2.05, 4.69) is 68.6 Å². The van der Waals surface area contributed by atoms with E-state index in [1.54, 1.807) is 0 Å². The van der Waals surface area contributed by atoms with Crippen molar-refractivity contribution in [1.82, 2.24) is 5.32 Å². The molecule has 0 saturated heterocycles. The number of rotatable bonds is 9. The fourth-order valence-corrected chi connectivity index (χ4v) is 5.35. The molecule has 1 aliphatic heterocycles. The maximum Gasteiger partial charge on any atom is 0.220 e. The second-order valence-electron chi connectivity index (χ2n) is 10.8. The maximum absolute atomic E-state index is 12.3. The van der Waals surface area contributed by atoms with Crippen molar-refractivity contribution >= 4 is 5.91 Å². The quantitative estimate of drug-likeness (QED) is 0.532. The second-order valence-corrected chi connectivity index (χ2v) is 10.8. The van der Waals surface area contributed by atoms with Gasteiger partial charge in [-0.25, -0.2) is 0 Å². The van der Waals surface area contributed by atoms with Gasteiger partial charge in [-0.15, -0.1) is 0 Å². The number of hydrogen-bond donors (Lipinski definition) is 2. The molecule has 33 heavy (non-hydrogen) atoms. The zero-order valence-electron chi connectivity index (χ0n) is 20.5. The number of aliphatic hydroxyl groups is 1. The summed E-state index contributed by atoms with van der Waals surface area (Å²) in [5, 5.41) is 13.4. The van der Waals surface area contributed by atoms with E-state index in [4.69, 9.17) is 4.74 Å². The van der Waals surface area contributed by atoms with Gasteiger partial charge < -0.3 is 15.2 Å². The molecule has 1 saturated carbocycles. The molecule has 1 heterocycles. The first kappa shape index (κ1) is 23.8. The molecule has 1 amide bonds. The molecule has 1 aliphatic carbocycles. The van der Waals surface area contributed by atoms with Gasteiger partial charge in [-0.05, 0) is 66.8 Å². The van der Waals surface area contributed by atoms with Crippen LogP contribution in [0, 0.1) is 0 Å². The number of fused-ring (bicyclic) bond motifs is 1. The van der Waals surface area contributed by atoms with Gasteiger partial charge in [0.2, 0.25) is 5.91 Å². The van der Waals surface area contributed by atoms with Crippen LogP contribution in [0.25, 0.3) is 0 Å². The normalized spacial score (nSPS) is 21.1. The molecule has 2 N–H and O–H groups in total. The number of ether oxygens (including phenoxy) is 1. The van der Waals surface area contributed by atoms with Crippen LogP contribution in [-0.2, 0) is 24.1 Å². The number of aryl methyl sites for hydroxylation is 1. The van der Waals surface area contributed by atoms with Gasteiger partial charge in [-0.3, -0.25) is 4.79 Å². The number of carbonyl (C=O) groups is 1. The van der Waals surface area contributed by atoms with Crippen LogP contribution >= 0.6 is 0 Å². The first-order chi connectivity index (χ1) is 15.7. The van der Waals surface area contributed by atoms with E-state index in [0.717, 1.165) is 50.7 Å². The van der Waals surface area contributed by atoms with Crippen LogP contribution in [0.5, 0.6) is 5.75 Å². The van der Waals surface area contributed by atoms with Gasteiger partial charge in [0, 0.05) is 25.8 Å². The summed E-state index contributed by atoms with van der Waals surface area (Å²) in [6.45, 7) is 7.18. The fraction of sp³-hybridized carbons (Fsp3) is 0.552. The van der Waals surface area contributed by atoms with E-state index in [9.17, 15) is 9.90 Å². The van der Waals surface area contributed by atoms with E-state index in [0.29, 0.717) is 25.3 Å². The molecular weight excluding hydrogens is 410 g/mol. The number of nitrogens with one attached hydrogen (secondary N) is 1. The van der Waals surface area contributed by atoms with Crippen molar-refractivity contribution in [2.45, 2.75) is 95.7 Å². The molecule has 0 radical (unpaired) electrons. The zero-order chi connectivity index (χ0) is 23.5. The molecular formula is C29H39NO3. The Morgan fingerprint density at radius 3 is 2.48 bits per heavy atom. The Balaban J connectivity index is 1.26.